The minimum absolute atomic E-state index is 0.814. The summed E-state index contributed by atoms with van der Waals surface area (Å²) in [6, 6.07) is 0. The number of hydrogen-bond donors (Lipinski definition) is 0. The molecule has 0 saturated heterocycles. The van der Waals surface area contributed by atoms with Gasteiger partial charge in [0, 0.05) is 0 Å². The molecular formula is C11H11B11. The molecule has 0 heterocycles. The van der Waals surface area contributed by atoms with Crippen molar-refractivity contribution in [2.45, 2.75) is 58.6 Å². The van der Waals surface area contributed by atoms with Gasteiger partial charge in [0.1, 0.15) is 0 Å². The quantitative estimate of drug-likeness (QED) is 0.566. The summed E-state index contributed by atoms with van der Waals surface area (Å²) in [5, 5.41) is -9.52. The Balaban J connectivity index is 3.89. The van der Waals surface area contributed by atoms with Crippen molar-refractivity contribution < 1.29 is 0 Å². The molecule has 1 aliphatic rings. The molecule has 88 valence electrons. The Morgan fingerprint density at radius 3 is 1.45 bits per heavy atom. The van der Waals surface area contributed by atoms with Crippen LogP contribution in [0.4, 0.5) is 0 Å². The smallest absolute Gasteiger partial charge is 0.0717 e. The molecule has 1 rings (SSSR count). The lowest BCUT2D eigenvalue weighted by molar-refractivity contribution is 0.233. The Kier molecular flexibility index (Phi) is 4.82. The highest BCUT2D eigenvalue weighted by molar-refractivity contribution is 6.64. The van der Waals surface area contributed by atoms with E-state index >= 15 is 0 Å². The Morgan fingerprint density at radius 1 is 0.818 bits per heavy atom. The molecule has 0 aromatic carbocycles. The van der Waals surface area contributed by atoms with Crippen molar-refractivity contribution in [3.63, 3.8) is 0 Å². The highest BCUT2D eigenvalue weighted by Gasteiger charge is 2.71. The Labute approximate surface area is 150 Å². The zero-order valence-corrected chi connectivity index (χ0v) is 13.5. The van der Waals surface area contributed by atoms with E-state index in [1.165, 1.54) is 0 Å². The van der Waals surface area contributed by atoms with Crippen LogP contribution < -0.4 is 0 Å². The van der Waals surface area contributed by atoms with E-state index in [1.54, 1.807) is 20.8 Å². The molecule has 0 nitrogen and oxygen atoms in total. The molecule has 1 aliphatic carbocycles. The zero-order valence-electron chi connectivity index (χ0n) is 13.5. The molecule has 0 amide bonds. The summed E-state index contributed by atoms with van der Waals surface area (Å²) in [5.41, 5.74) is -2.15. The van der Waals surface area contributed by atoms with Crippen LogP contribution in [0, 0.1) is 5.41 Å². The van der Waals surface area contributed by atoms with Crippen LogP contribution in [0.2, 0.25) is 37.8 Å². The van der Waals surface area contributed by atoms with Crippen molar-refractivity contribution in [2.75, 3.05) is 0 Å². The lowest BCUT2D eigenvalue weighted by atomic mass is 9.12. The molecule has 1 saturated carbocycles. The first-order valence-corrected chi connectivity index (χ1v) is 6.93. The van der Waals surface area contributed by atoms with Gasteiger partial charge in [-0.25, -0.2) is 0 Å². The van der Waals surface area contributed by atoms with Gasteiger partial charge in [0.15, 0.2) is 0 Å². The van der Waals surface area contributed by atoms with E-state index < -0.39 is 43.2 Å². The molecule has 0 spiro atoms. The maximum Gasteiger partial charge on any atom is 0.0717 e. The summed E-state index contributed by atoms with van der Waals surface area (Å²) >= 11 is 0. The topological polar surface area (TPSA) is 0 Å². The second-order valence-corrected chi connectivity index (χ2v) is 7.67. The van der Waals surface area contributed by atoms with Gasteiger partial charge >= 0.3 is 0 Å². The monoisotopic (exact) mass is 264 g/mol. The zero-order chi connectivity index (χ0) is 18.2. The van der Waals surface area contributed by atoms with Crippen LogP contribution in [0.15, 0.2) is 0 Å². The van der Waals surface area contributed by atoms with Crippen LogP contribution in [0.1, 0.15) is 20.8 Å². The van der Waals surface area contributed by atoms with Gasteiger partial charge in [-0.3, -0.25) is 0 Å². The van der Waals surface area contributed by atoms with Gasteiger partial charge < -0.3 is 0 Å². The van der Waals surface area contributed by atoms with Crippen molar-refractivity contribution in [1.29, 1.82) is 0 Å². The van der Waals surface area contributed by atoms with Crippen LogP contribution in [-0.4, -0.2) is 86.3 Å². The molecule has 3 unspecified atom stereocenters. The molecular weight excluding hydrogens is 251 g/mol. The molecule has 0 aromatic rings. The first-order valence-electron chi connectivity index (χ1n) is 6.93. The molecule has 11 heteroatoms. The normalized spacial score (nSPS) is 38.1. The Morgan fingerprint density at radius 2 is 1.18 bits per heavy atom. The minimum Gasteiger partial charge on any atom is -0.113 e. The van der Waals surface area contributed by atoms with Gasteiger partial charge in [0.25, 0.3) is 0 Å². The largest absolute Gasteiger partial charge is 0.113 e. The first-order chi connectivity index (χ1) is 9.35. The van der Waals surface area contributed by atoms with Crippen LogP contribution >= 0.6 is 0 Å². The second-order valence-electron chi connectivity index (χ2n) is 7.67. The predicted molar refractivity (Wildman–Crippen MR) is 104 cm³/mol. The van der Waals surface area contributed by atoms with Crippen LogP contribution in [-0.2, 0) is 0 Å². The molecule has 1 fully saturated rings. The van der Waals surface area contributed by atoms with Crippen molar-refractivity contribution in [3.05, 3.63) is 0 Å². The van der Waals surface area contributed by atoms with Gasteiger partial charge in [-0.15, -0.1) is 16.1 Å². The summed E-state index contributed by atoms with van der Waals surface area (Å²) in [6.45, 7) is 5.20. The maximum atomic E-state index is 6.52. The van der Waals surface area contributed by atoms with Crippen LogP contribution in [0.5, 0.6) is 0 Å². The summed E-state index contributed by atoms with van der Waals surface area (Å²) in [5.74, 6) is -1.27. The summed E-state index contributed by atoms with van der Waals surface area (Å²) in [7, 11) is 67.9. The molecule has 0 N–H and O–H groups in total. The lowest BCUT2D eigenvalue weighted by Crippen LogP contribution is -2.54. The molecule has 3 atom stereocenters. The summed E-state index contributed by atoms with van der Waals surface area (Å²) in [6.07, 6.45) is 0. The van der Waals surface area contributed by atoms with Gasteiger partial charge in [-0.1, -0.05) is 42.4 Å². The highest BCUT2D eigenvalue weighted by atomic mass is 14.7. The van der Waals surface area contributed by atoms with Crippen molar-refractivity contribution in [2.24, 2.45) is 5.41 Å². The van der Waals surface area contributed by atoms with Gasteiger partial charge in [0.2, 0.25) is 0 Å². The van der Waals surface area contributed by atoms with Crippen molar-refractivity contribution in [3.8, 4) is 0 Å². The SMILES string of the molecule is [B]C1C([B])([B])C([B])(C([B])[B])C([B])(C([B])([B])C(C)(C)C)C1([B])[B]. The second kappa shape index (κ2) is 5.11. The molecule has 0 aromatic heterocycles. The van der Waals surface area contributed by atoms with Crippen molar-refractivity contribution in [1.82, 2.24) is 0 Å². The third-order valence-electron chi connectivity index (χ3n) is 5.50. The Hall–Kier alpha value is 0.714. The molecule has 22 heavy (non-hydrogen) atoms. The average Bonchev–Trinajstić information content (AvgIpc) is 2.39. The van der Waals surface area contributed by atoms with E-state index in [4.69, 9.17) is 86.3 Å². The van der Waals surface area contributed by atoms with Crippen LogP contribution in [0.25, 0.3) is 0 Å². The fourth-order valence-electron chi connectivity index (χ4n) is 3.44. The van der Waals surface area contributed by atoms with Gasteiger partial charge in [-0.05, 0) is 5.41 Å². The average molecular weight is 262 g/mol. The lowest BCUT2D eigenvalue weighted by Gasteiger charge is -2.69. The summed E-state index contributed by atoms with van der Waals surface area (Å²) < 4.78 is 0. The summed E-state index contributed by atoms with van der Waals surface area (Å²) in [4.78, 5) is 0. The number of hydrogen-bond acceptors (Lipinski definition) is 0. The molecule has 22 radical (unpaired) electrons. The van der Waals surface area contributed by atoms with E-state index in [0.717, 1.165) is 0 Å². The third-order valence-corrected chi connectivity index (χ3v) is 5.50. The number of rotatable bonds is 2. The Bertz CT molecular complexity index is 451. The molecule has 0 aliphatic heterocycles. The van der Waals surface area contributed by atoms with E-state index in [2.05, 4.69) is 0 Å². The maximum absolute atomic E-state index is 6.52. The standard InChI is InChI=1S/C11H11B11/c1-6(2,3)11(21,22)10(20)7(15,5(13)14)8(16,17)4(12)9(10,18)19/h4-5H,1-3H3. The van der Waals surface area contributed by atoms with E-state index in [0.29, 0.717) is 0 Å². The fraction of sp³-hybridized carbons (Fsp3) is 1.00. The van der Waals surface area contributed by atoms with Crippen LogP contribution in [0.3, 0.4) is 0 Å². The minimum atomic E-state index is -1.98. The van der Waals surface area contributed by atoms with Gasteiger partial charge in [0.05, 0.1) is 86.3 Å². The highest BCUT2D eigenvalue weighted by Crippen LogP contribution is 2.91. The van der Waals surface area contributed by atoms with Gasteiger partial charge in [-0.2, -0.15) is 0 Å². The van der Waals surface area contributed by atoms with E-state index in [9.17, 15) is 0 Å². The fourth-order valence-corrected chi connectivity index (χ4v) is 3.44. The first kappa shape index (κ1) is 20.8. The molecule has 0 bridgehead atoms. The van der Waals surface area contributed by atoms with E-state index in [1.807, 2.05) is 0 Å². The van der Waals surface area contributed by atoms with E-state index in [-0.39, 0.29) is 0 Å². The predicted octanol–water partition coefficient (Wildman–Crippen LogP) is -0.900. The third kappa shape index (κ3) is 1.98. The van der Waals surface area contributed by atoms with Crippen molar-refractivity contribution >= 4 is 86.3 Å².